The number of nitrogens with zero attached hydrogens (tertiary/aromatic N) is 4. The van der Waals surface area contributed by atoms with Crippen LogP contribution >= 0.6 is 11.3 Å². The molecule has 1 fully saturated rings. The van der Waals surface area contributed by atoms with Crippen molar-refractivity contribution < 1.29 is 18.0 Å². The van der Waals surface area contributed by atoms with Crippen molar-refractivity contribution in [3.05, 3.63) is 88.5 Å². The predicted molar refractivity (Wildman–Crippen MR) is 133 cm³/mol. The minimum Gasteiger partial charge on any atom is -0.335 e. The Morgan fingerprint density at radius 1 is 0.857 bits per heavy atom. The Balaban J connectivity index is 1.24. The van der Waals surface area contributed by atoms with Crippen LogP contribution in [0.4, 0.5) is 0 Å². The lowest BCUT2D eigenvalue weighted by Gasteiger charge is -2.34. The van der Waals surface area contributed by atoms with Crippen molar-refractivity contribution >= 4 is 43.9 Å². The van der Waals surface area contributed by atoms with E-state index in [0.29, 0.717) is 48.5 Å². The molecule has 0 aliphatic carbocycles. The molecule has 0 atom stereocenters. The number of rotatable bonds is 5. The molecule has 8 nitrogen and oxygen atoms in total. The zero-order chi connectivity index (χ0) is 24.4. The molecule has 0 spiro atoms. The van der Waals surface area contributed by atoms with Crippen LogP contribution < -0.4 is 0 Å². The summed E-state index contributed by atoms with van der Waals surface area (Å²) in [7, 11) is -3.63. The second-order valence-corrected chi connectivity index (χ2v) is 10.9. The first-order chi connectivity index (χ1) is 16.9. The normalized spacial score (nSPS) is 14.3. The van der Waals surface area contributed by atoms with Crippen LogP contribution in [-0.2, 0) is 15.6 Å². The molecule has 0 N–H and O–H groups in total. The maximum absolute atomic E-state index is 13.1. The third-order valence-corrected chi connectivity index (χ3v) is 8.29. The number of sulfone groups is 1. The van der Waals surface area contributed by atoms with E-state index in [0.717, 1.165) is 5.39 Å². The van der Waals surface area contributed by atoms with Gasteiger partial charge in [-0.2, -0.15) is 0 Å². The highest BCUT2D eigenvalue weighted by molar-refractivity contribution is 7.90. The average Bonchev–Trinajstić information content (AvgIpc) is 3.43. The summed E-state index contributed by atoms with van der Waals surface area (Å²) in [5.41, 5.74) is 3.58. The number of amides is 2. The van der Waals surface area contributed by atoms with Crippen LogP contribution in [-0.4, -0.2) is 66.2 Å². The van der Waals surface area contributed by atoms with E-state index in [4.69, 9.17) is 0 Å². The molecule has 178 valence electrons. The second-order valence-electron chi connectivity index (χ2n) is 8.25. The van der Waals surface area contributed by atoms with Gasteiger partial charge >= 0.3 is 0 Å². The molecule has 0 radical (unpaired) electrons. The highest BCUT2D eigenvalue weighted by atomic mass is 32.2. The molecule has 35 heavy (non-hydrogen) atoms. The van der Waals surface area contributed by atoms with E-state index < -0.39 is 9.84 Å². The minimum absolute atomic E-state index is 0.120. The Bertz CT molecular complexity index is 1470. The van der Waals surface area contributed by atoms with E-state index in [-0.39, 0.29) is 22.5 Å². The summed E-state index contributed by atoms with van der Waals surface area (Å²) in [5, 5.41) is 2.49. The Labute approximate surface area is 206 Å². The van der Waals surface area contributed by atoms with Gasteiger partial charge in [0, 0.05) is 48.7 Å². The van der Waals surface area contributed by atoms with Gasteiger partial charge in [-0.3, -0.25) is 14.6 Å². The van der Waals surface area contributed by atoms with Gasteiger partial charge in [-0.25, -0.2) is 13.4 Å². The van der Waals surface area contributed by atoms with Crippen LogP contribution in [0.2, 0.25) is 0 Å². The van der Waals surface area contributed by atoms with Gasteiger partial charge in [-0.05, 0) is 29.8 Å². The molecule has 0 saturated carbocycles. The monoisotopic (exact) mass is 506 g/mol. The molecule has 0 unspecified atom stereocenters. The average molecular weight is 507 g/mol. The van der Waals surface area contributed by atoms with Gasteiger partial charge in [0.1, 0.15) is 5.69 Å². The standard InChI is InChI=1S/C25H22N4O4S2/c30-24(28-11-13-29(14-12-28)25(31)21-15-34-17-27-21)20-8-6-18(7-9-20)16-35(32,33)22-5-1-3-19-4-2-10-26-23(19)22/h1-10,15,17H,11-14,16H2. The topological polar surface area (TPSA) is 101 Å². The Hall–Kier alpha value is -3.63. The molecule has 4 aromatic rings. The Morgan fingerprint density at radius 3 is 2.23 bits per heavy atom. The fourth-order valence-electron chi connectivity index (χ4n) is 4.14. The van der Waals surface area contributed by atoms with Crippen LogP contribution in [0.5, 0.6) is 0 Å². The fourth-order valence-corrected chi connectivity index (χ4v) is 6.21. The van der Waals surface area contributed by atoms with Crippen molar-refractivity contribution in [3.63, 3.8) is 0 Å². The molecule has 1 aliphatic heterocycles. The molecule has 10 heteroatoms. The Morgan fingerprint density at radius 2 is 1.54 bits per heavy atom. The lowest BCUT2D eigenvalue weighted by Crippen LogP contribution is -2.50. The number of carbonyl (C=O) groups excluding carboxylic acids is 2. The molecule has 1 saturated heterocycles. The van der Waals surface area contributed by atoms with Gasteiger partial charge in [-0.15, -0.1) is 11.3 Å². The van der Waals surface area contributed by atoms with Gasteiger partial charge in [0.25, 0.3) is 11.8 Å². The maximum atomic E-state index is 13.1. The number of carbonyl (C=O) groups is 2. The number of thiazole rings is 1. The van der Waals surface area contributed by atoms with Gasteiger partial charge in [0.15, 0.2) is 9.84 Å². The number of hydrogen-bond acceptors (Lipinski definition) is 7. The van der Waals surface area contributed by atoms with Gasteiger partial charge < -0.3 is 9.80 Å². The summed E-state index contributed by atoms with van der Waals surface area (Å²) >= 11 is 1.37. The summed E-state index contributed by atoms with van der Waals surface area (Å²) < 4.78 is 26.2. The zero-order valence-corrected chi connectivity index (χ0v) is 20.3. The van der Waals surface area contributed by atoms with Crippen molar-refractivity contribution in [3.8, 4) is 0 Å². The third kappa shape index (κ3) is 4.80. The molecule has 2 aromatic carbocycles. The highest BCUT2D eigenvalue weighted by Crippen LogP contribution is 2.24. The van der Waals surface area contributed by atoms with Gasteiger partial charge in [-0.1, -0.05) is 30.3 Å². The second kappa shape index (κ2) is 9.55. The number of piperazine rings is 1. The molecule has 2 aromatic heterocycles. The third-order valence-electron chi connectivity index (χ3n) is 5.99. The zero-order valence-electron chi connectivity index (χ0n) is 18.7. The van der Waals surface area contributed by atoms with E-state index in [9.17, 15) is 18.0 Å². The van der Waals surface area contributed by atoms with Gasteiger partial charge in [0.05, 0.1) is 21.7 Å². The predicted octanol–water partition coefficient (Wildman–Crippen LogP) is 3.26. The molecule has 0 bridgehead atoms. The summed E-state index contributed by atoms with van der Waals surface area (Å²) in [6.07, 6.45) is 1.58. The first-order valence-electron chi connectivity index (χ1n) is 11.0. The number of para-hydroxylation sites is 1. The summed E-state index contributed by atoms with van der Waals surface area (Å²) in [6, 6.07) is 15.4. The van der Waals surface area contributed by atoms with Crippen molar-refractivity contribution in [1.29, 1.82) is 0 Å². The number of fused-ring (bicyclic) bond motifs is 1. The van der Waals surface area contributed by atoms with E-state index >= 15 is 0 Å². The van der Waals surface area contributed by atoms with Crippen LogP contribution in [0.3, 0.4) is 0 Å². The van der Waals surface area contributed by atoms with E-state index in [1.807, 2.05) is 12.1 Å². The number of benzene rings is 2. The van der Waals surface area contributed by atoms with E-state index in [1.54, 1.807) is 69.4 Å². The molecule has 3 heterocycles. The molecule has 1 aliphatic rings. The quantitative estimate of drug-likeness (QED) is 0.412. The minimum atomic E-state index is -3.63. The van der Waals surface area contributed by atoms with Crippen LogP contribution in [0.1, 0.15) is 26.4 Å². The first kappa shape index (κ1) is 23.1. The van der Waals surface area contributed by atoms with Gasteiger partial charge in [0.2, 0.25) is 0 Å². The van der Waals surface area contributed by atoms with Crippen LogP contribution in [0, 0.1) is 0 Å². The van der Waals surface area contributed by atoms with Crippen molar-refractivity contribution in [2.45, 2.75) is 10.6 Å². The lowest BCUT2D eigenvalue weighted by molar-refractivity contribution is 0.0533. The van der Waals surface area contributed by atoms with Crippen LogP contribution in [0.15, 0.2) is 76.6 Å². The lowest BCUT2D eigenvalue weighted by atomic mass is 10.1. The number of pyridine rings is 1. The highest BCUT2D eigenvalue weighted by Gasteiger charge is 2.26. The molecule has 2 amide bonds. The largest absolute Gasteiger partial charge is 0.335 e. The Kier molecular flexibility index (Phi) is 6.31. The van der Waals surface area contributed by atoms with Crippen molar-refractivity contribution in [1.82, 2.24) is 19.8 Å². The van der Waals surface area contributed by atoms with Crippen molar-refractivity contribution in [2.24, 2.45) is 0 Å². The van der Waals surface area contributed by atoms with Crippen LogP contribution in [0.25, 0.3) is 10.9 Å². The summed E-state index contributed by atoms with van der Waals surface area (Å²) in [6.45, 7) is 1.74. The summed E-state index contributed by atoms with van der Waals surface area (Å²) in [4.78, 5) is 37.3. The van der Waals surface area contributed by atoms with Crippen molar-refractivity contribution in [2.75, 3.05) is 26.2 Å². The van der Waals surface area contributed by atoms with E-state index in [1.165, 1.54) is 11.3 Å². The number of aromatic nitrogens is 2. The SMILES string of the molecule is O=C(c1ccc(CS(=O)(=O)c2cccc3cccnc23)cc1)N1CCN(C(=O)c2cscn2)CC1. The maximum Gasteiger partial charge on any atom is 0.273 e. The molecule has 5 rings (SSSR count). The first-order valence-corrected chi connectivity index (χ1v) is 13.6. The summed E-state index contributed by atoms with van der Waals surface area (Å²) in [5.74, 6) is -0.446. The molecular formula is C25H22N4O4S2. The number of hydrogen-bond donors (Lipinski definition) is 0. The fraction of sp³-hybridized carbons (Fsp3) is 0.200. The molecular weight excluding hydrogens is 484 g/mol. The van der Waals surface area contributed by atoms with E-state index in [2.05, 4.69) is 9.97 Å². The smallest absolute Gasteiger partial charge is 0.273 e.